The van der Waals surface area contributed by atoms with Gasteiger partial charge in [0.15, 0.2) is 0 Å². The van der Waals surface area contributed by atoms with Crippen LogP contribution in [0.25, 0.3) is 0 Å². The van der Waals surface area contributed by atoms with Crippen LogP contribution in [0.2, 0.25) is 0 Å². The van der Waals surface area contributed by atoms with Gasteiger partial charge in [0.05, 0.1) is 30.5 Å². The van der Waals surface area contributed by atoms with Crippen LogP contribution >= 0.6 is 0 Å². The molecule has 1 aliphatic heterocycles. The first-order valence-corrected chi connectivity index (χ1v) is 13.2. The van der Waals surface area contributed by atoms with Gasteiger partial charge in [0.25, 0.3) is 0 Å². The third-order valence-corrected chi connectivity index (χ3v) is 8.19. The third kappa shape index (κ3) is 5.82. The fourth-order valence-electron chi connectivity index (χ4n) is 4.26. The molecule has 0 unspecified atom stereocenters. The summed E-state index contributed by atoms with van der Waals surface area (Å²) in [6.07, 6.45) is 2.82. The maximum Gasteiger partial charge on any atom is 0.243 e. The molecule has 1 N–H and O–H groups in total. The first kappa shape index (κ1) is 25.8. The van der Waals surface area contributed by atoms with Crippen LogP contribution in [0.3, 0.4) is 0 Å². The molecule has 2 aromatic rings. The summed E-state index contributed by atoms with van der Waals surface area (Å²) in [6.45, 7) is 6.16. The fraction of sp³-hybridized carbons (Fsp3) is 0.480. The lowest BCUT2D eigenvalue weighted by atomic mass is 10.1. The van der Waals surface area contributed by atoms with E-state index >= 15 is 0 Å². The van der Waals surface area contributed by atoms with Crippen molar-refractivity contribution in [1.82, 2.24) is 4.31 Å². The van der Waals surface area contributed by atoms with Crippen molar-refractivity contribution in [3.63, 3.8) is 0 Å². The summed E-state index contributed by atoms with van der Waals surface area (Å²) in [7, 11) is -0.451. The van der Waals surface area contributed by atoms with Gasteiger partial charge in [-0.2, -0.15) is 4.31 Å². The second-order valence-electron chi connectivity index (χ2n) is 8.19. The number of aryl methyl sites for hydroxylation is 1. The normalized spacial score (nSPS) is 13.9. The van der Waals surface area contributed by atoms with Crippen molar-refractivity contribution in [3.05, 3.63) is 42.0 Å². The van der Waals surface area contributed by atoms with Crippen LogP contribution in [0.5, 0.6) is 11.5 Å². The predicted molar refractivity (Wildman–Crippen MR) is 134 cm³/mol. The summed E-state index contributed by atoms with van der Waals surface area (Å²) in [5, 5.41) is 2.98. The Morgan fingerprint density at radius 1 is 1.03 bits per heavy atom. The number of nitrogens with zero attached hydrogens (tertiary/aromatic N) is 2. The second kappa shape index (κ2) is 11.6. The molecule has 0 spiro atoms. The molecule has 2 aromatic carbocycles. The largest absolute Gasteiger partial charge is 0.497 e. The molecule has 1 aliphatic rings. The van der Waals surface area contributed by atoms with Crippen LogP contribution in [-0.4, -0.2) is 59.0 Å². The number of anilines is 2. The summed E-state index contributed by atoms with van der Waals surface area (Å²) in [4.78, 5) is 15.3. The Balaban J connectivity index is 1.84. The third-order valence-electron chi connectivity index (χ3n) is 6.14. The van der Waals surface area contributed by atoms with E-state index < -0.39 is 10.0 Å². The fourth-order valence-corrected chi connectivity index (χ4v) is 5.75. The van der Waals surface area contributed by atoms with Crippen LogP contribution in [0, 0.1) is 0 Å². The molecule has 0 atom stereocenters. The topological polar surface area (TPSA) is 88.2 Å². The standard InChI is InChI=1S/C25H35N3O5S/c1-5-28(6-2)34(30,31)21-11-12-23(27-15-7-8-16-27)22(18-21)26-25(29)14-9-19-17-20(32-3)10-13-24(19)33-4/h10-13,17-18H,5-9,14-16H2,1-4H3,(H,26,29). The van der Waals surface area contributed by atoms with Crippen molar-refractivity contribution >= 4 is 27.3 Å². The maximum absolute atomic E-state index is 13.1. The molecular weight excluding hydrogens is 454 g/mol. The van der Waals surface area contributed by atoms with Crippen LogP contribution in [0.15, 0.2) is 41.3 Å². The van der Waals surface area contributed by atoms with Crippen molar-refractivity contribution in [1.29, 1.82) is 0 Å². The van der Waals surface area contributed by atoms with Gasteiger partial charge in [0.2, 0.25) is 15.9 Å². The molecule has 0 aromatic heterocycles. The minimum atomic E-state index is -3.64. The van der Waals surface area contributed by atoms with E-state index in [0.717, 1.165) is 37.2 Å². The summed E-state index contributed by atoms with van der Waals surface area (Å²) in [6, 6.07) is 10.5. The quantitative estimate of drug-likeness (QED) is 0.515. The molecule has 34 heavy (non-hydrogen) atoms. The van der Waals surface area contributed by atoms with E-state index in [1.807, 2.05) is 38.1 Å². The molecule has 0 saturated carbocycles. The van der Waals surface area contributed by atoms with E-state index in [1.54, 1.807) is 26.4 Å². The Kier molecular flexibility index (Phi) is 8.79. The Bertz CT molecular complexity index is 1090. The number of rotatable bonds is 11. The maximum atomic E-state index is 13.1. The van der Waals surface area contributed by atoms with Crippen molar-refractivity contribution < 1.29 is 22.7 Å². The van der Waals surface area contributed by atoms with Gasteiger partial charge < -0.3 is 19.7 Å². The van der Waals surface area contributed by atoms with E-state index in [4.69, 9.17) is 9.47 Å². The highest BCUT2D eigenvalue weighted by Crippen LogP contribution is 2.33. The van der Waals surface area contributed by atoms with E-state index in [2.05, 4.69) is 10.2 Å². The van der Waals surface area contributed by atoms with Crippen LogP contribution < -0.4 is 19.7 Å². The molecule has 1 heterocycles. The van der Waals surface area contributed by atoms with Gasteiger partial charge in [0.1, 0.15) is 11.5 Å². The molecule has 1 saturated heterocycles. The molecule has 0 aliphatic carbocycles. The number of carbonyl (C=O) groups excluding carboxylic acids is 1. The van der Waals surface area contributed by atoms with Gasteiger partial charge in [-0.1, -0.05) is 13.8 Å². The molecule has 1 amide bonds. The predicted octanol–water partition coefficient (Wildman–Crippen LogP) is 3.91. The highest BCUT2D eigenvalue weighted by molar-refractivity contribution is 7.89. The summed E-state index contributed by atoms with van der Waals surface area (Å²) in [5.41, 5.74) is 2.25. The second-order valence-corrected chi connectivity index (χ2v) is 10.1. The number of benzene rings is 2. The van der Waals surface area contributed by atoms with Gasteiger partial charge >= 0.3 is 0 Å². The first-order valence-electron chi connectivity index (χ1n) is 11.7. The minimum Gasteiger partial charge on any atom is -0.497 e. The smallest absolute Gasteiger partial charge is 0.243 e. The van der Waals surface area contributed by atoms with Crippen molar-refractivity contribution in [2.45, 2.75) is 44.4 Å². The van der Waals surface area contributed by atoms with Crippen LogP contribution in [0.4, 0.5) is 11.4 Å². The summed E-state index contributed by atoms with van der Waals surface area (Å²) in [5.74, 6) is 1.20. The number of amides is 1. The Morgan fingerprint density at radius 3 is 2.35 bits per heavy atom. The highest BCUT2D eigenvalue weighted by atomic mass is 32.2. The lowest BCUT2D eigenvalue weighted by Gasteiger charge is -2.24. The molecule has 0 radical (unpaired) electrons. The molecule has 8 nitrogen and oxygen atoms in total. The molecule has 9 heteroatoms. The average Bonchev–Trinajstić information content (AvgIpc) is 3.38. The van der Waals surface area contributed by atoms with Gasteiger partial charge in [-0.25, -0.2) is 8.42 Å². The number of hydrogen-bond donors (Lipinski definition) is 1. The Labute approximate surface area is 202 Å². The average molecular weight is 490 g/mol. The lowest BCUT2D eigenvalue weighted by Crippen LogP contribution is -2.31. The van der Waals surface area contributed by atoms with Crippen molar-refractivity contribution in [2.75, 3.05) is 50.6 Å². The Hall–Kier alpha value is -2.78. The zero-order valence-corrected chi connectivity index (χ0v) is 21.3. The van der Waals surface area contributed by atoms with Gasteiger partial charge in [-0.15, -0.1) is 0 Å². The van der Waals surface area contributed by atoms with Crippen molar-refractivity contribution in [3.8, 4) is 11.5 Å². The van der Waals surface area contributed by atoms with E-state index in [9.17, 15) is 13.2 Å². The van der Waals surface area contributed by atoms with E-state index in [1.165, 1.54) is 4.31 Å². The molecule has 0 bridgehead atoms. The van der Waals surface area contributed by atoms with E-state index in [0.29, 0.717) is 36.7 Å². The minimum absolute atomic E-state index is 0.184. The van der Waals surface area contributed by atoms with E-state index in [-0.39, 0.29) is 17.2 Å². The summed E-state index contributed by atoms with van der Waals surface area (Å²) >= 11 is 0. The monoisotopic (exact) mass is 489 g/mol. The number of hydrogen-bond acceptors (Lipinski definition) is 6. The number of carbonyl (C=O) groups is 1. The Morgan fingerprint density at radius 2 is 1.74 bits per heavy atom. The van der Waals surface area contributed by atoms with Crippen molar-refractivity contribution in [2.24, 2.45) is 0 Å². The van der Waals surface area contributed by atoms with Crippen LogP contribution in [0.1, 0.15) is 38.7 Å². The molecule has 1 fully saturated rings. The van der Waals surface area contributed by atoms with Gasteiger partial charge in [-0.3, -0.25) is 4.79 Å². The molecule has 3 rings (SSSR count). The SMILES string of the molecule is CCN(CC)S(=O)(=O)c1ccc(N2CCCC2)c(NC(=O)CCc2cc(OC)ccc2OC)c1. The highest BCUT2D eigenvalue weighted by Gasteiger charge is 2.25. The number of ether oxygens (including phenoxy) is 2. The number of nitrogens with one attached hydrogen (secondary N) is 1. The number of methoxy groups -OCH3 is 2. The molecule has 186 valence electrons. The summed E-state index contributed by atoms with van der Waals surface area (Å²) < 4.78 is 38.3. The van der Waals surface area contributed by atoms with Gasteiger partial charge in [-0.05, 0) is 61.2 Å². The zero-order valence-electron chi connectivity index (χ0n) is 20.5. The first-order chi connectivity index (χ1) is 16.3. The van der Waals surface area contributed by atoms with Crippen LogP contribution in [-0.2, 0) is 21.2 Å². The number of sulfonamides is 1. The van der Waals surface area contributed by atoms with Gasteiger partial charge in [0, 0.05) is 32.6 Å². The lowest BCUT2D eigenvalue weighted by molar-refractivity contribution is -0.116. The molecular formula is C25H35N3O5S. The zero-order chi connectivity index (χ0) is 24.7.